The van der Waals surface area contributed by atoms with Crippen molar-refractivity contribution in [2.75, 3.05) is 5.32 Å². The van der Waals surface area contributed by atoms with Crippen molar-refractivity contribution in [2.45, 2.75) is 47.1 Å². The van der Waals surface area contributed by atoms with Crippen molar-refractivity contribution in [1.29, 1.82) is 0 Å². The van der Waals surface area contributed by atoms with Gasteiger partial charge in [0.1, 0.15) is 11.5 Å². The number of nitrogens with zero attached hydrogens (tertiary/aromatic N) is 2. The molecular formula is C15H24N3O2+. The number of aromatic nitrogens is 1. The molecule has 0 fully saturated rings. The Bertz CT molecular complexity index is 523. The molecule has 0 aromatic carbocycles. The number of carbonyl (C=O) groups excluding carboxylic acids is 1. The van der Waals surface area contributed by atoms with Crippen molar-refractivity contribution < 1.29 is 14.7 Å². The molecule has 1 aromatic rings. The first-order chi connectivity index (χ1) is 9.00. The number of hydrogen-bond acceptors (Lipinski definition) is 3. The fourth-order valence-electron chi connectivity index (χ4n) is 1.22. The Labute approximate surface area is 120 Å². The minimum absolute atomic E-state index is 0.0983. The maximum atomic E-state index is 11.9. The number of hydroxylamine groups is 1. The maximum absolute atomic E-state index is 11.9. The molecular weight excluding hydrogens is 254 g/mol. The molecule has 2 N–H and O–H groups in total. The topological polar surface area (TPSA) is 65.2 Å². The summed E-state index contributed by atoms with van der Waals surface area (Å²) in [5.74, 6) is 0.375. The third-order valence-corrected chi connectivity index (χ3v) is 2.64. The summed E-state index contributed by atoms with van der Waals surface area (Å²) >= 11 is 0. The van der Waals surface area contributed by atoms with Gasteiger partial charge >= 0.3 is 0 Å². The van der Waals surface area contributed by atoms with Crippen LogP contribution in [-0.2, 0) is 4.79 Å². The highest BCUT2D eigenvalue weighted by Gasteiger charge is 2.25. The Kier molecular flexibility index (Phi) is 4.53. The third kappa shape index (κ3) is 4.64. The van der Waals surface area contributed by atoms with E-state index in [2.05, 4.69) is 10.3 Å². The molecule has 1 aromatic heterocycles. The quantitative estimate of drug-likeness (QED) is 0.378. The Morgan fingerprint density at radius 2 is 1.85 bits per heavy atom. The molecule has 0 aliphatic rings. The first-order valence-electron chi connectivity index (χ1n) is 6.62. The average Bonchev–Trinajstić information content (AvgIpc) is 2.26. The summed E-state index contributed by atoms with van der Waals surface area (Å²) in [5, 5.41) is 12.7. The number of amides is 1. The number of anilines is 1. The minimum atomic E-state index is -0.476. The standard InChI is InChI=1S/C15H23N3O2/c1-14(2,3)13(19)17-12-9-7-8-11(16-12)10-18(20)15(4,5)6/h7-10H,1-6H3,(H-,16,17,19,20)/p+1. The second-order valence-electron chi connectivity index (χ2n) is 6.80. The summed E-state index contributed by atoms with van der Waals surface area (Å²) in [6, 6.07) is 5.27. The smallest absolute Gasteiger partial charge is 0.241 e. The van der Waals surface area contributed by atoms with Crippen LogP contribution in [0.25, 0.3) is 0 Å². The van der Waals surface area contributed by atoms with Gasteiger partial charge < -0.3 is 5.32 Å². The Morgan fingerprint density at radius 3 is 2.35 bits per heavy atom. The van der Waals surface area contributed by atoms with Crippen molar-refractivity contribution in [3.63, 3.8) is 0 Å². The number of hydrogen-bond donors (Lipinski definition) is 2. The van der Waals surface area contributed by atoms with Gasteiger partial charge in [0.05, 0.1) is 0 Å². The van der Waals surface area contributed by atoms with Gasteiger partial charge in [-0.1, -0.05) is 26.8 Å². The number of nitrogens with one attached hydrogen (secondary N) is 1. The molecule has 110 valence electrons. The highest BCUT2D eigenvalue weighted by molar-refractivity contribution is 5.93. The summed E-state index contributed by atoms with van der Waals surface area (Å²) in [7, 11) is 0. The van der Waals surface area contributed by atoms with Crippen LogP contribution < -0.4 is 5.32 Å². The van der Waals surface area contributed by atoms with Crippen LogP contribution in [-0.4, -0.2) is 32.6 Å². The minimum Gasteiger partial charge on any atom is -0.310 e. The van der Waals surface area contributed by atoms with Gasteiger partial charge in [0, 0.05) is 26.2 Å². The van der Waals surface area contributed by atoms with Crippen molar-refractivity contribution in [3.8, 4) is 0 Å². The largest absolute Gasteiger partial charge is 0.310 e. The molecule has 1 amide bonds. The van der Waals surface area contributed by atoms with Gasteiger partial charge in [-0.15, -0.1) is 0 Å². The zero-order chi connectivity index (χ0) is 15.6. The van der Waals surface area contributed by atoms with E-state index in [1.54, 1.807) is 18.2 Å². The van der Waals surface area contributed by atoms with Gasteiger partial charge in [0.15, 0.2) is 0 Å². The molecule has 0 saturated carbocycles. The van der Waals surface area contributed by atoms with Gasteiger partial charge in [-0.2, -0.15) is 0 Å². The molecule has 0 saturated heterocycles. The second-order valence-corrected chi connectivity index (χ2v) is 6.80. The van der Waals surface area contributed by atoms with Crippen LogP contribution in [0.3, 0.4) is 0 Å². The monoisotopic (exact) mass is 278 g/mol. The molecule has 0 radical (unpaired) electrons. The van der Waals surface area contributed by atoms with E-state index < -0.39 is 11.0 Å². The molecule has 1 heterocycles. The number of pyridine rings is 1. The fourth-order valence-corrected chi connectivity index (χ4v) is 1.22. The predicted molar refractivity (Wildman–Crippen MR) is 79.3 cm³/mol. The average molecular weight is 278 g/mol. The van der Waals surface area contributed by atoms with Crippen LogP contribution in [0.1, 0.15) is 47.2 Å². The highest BCUT2D eigenvalue weighted by Crippen LogP contribution is 2.16. The van der Waals surface area contributed by atoms with E-state index in [0.717, 1.165) is 4.74 Å². The van der Waals surface area contributed by atoms with Gasteiger partial charge in [-0.3, -0.25) is 10.0 Å². The van der Waals surface area contributed by atoms with Crippen molar-refractivity contribution in [1.82, 2.24) is 4.98 Å². The molecule has 0 atom stereocenters. The van der Waals surface area contributed by atoms with Crippen LogP contribution >= 0.6 is 0 Å². The molecule has 0 spiro atoms. The van der Waals surface area contributed by atoms with E-state index in [1.165, 1.54) is 6.21 Å². The summed E-state index contributed by atoms with van der Waals surface area (Å²) in [6.07, 6.45) is 1.53. The molecule has 1 rings (SSSR count). The Balaban J connectivity index is 2.95. The van der Waals surface area contributed by atoms with E-state index in [4.69, 9.17) is 0 Å². The first-order valence-corrected chi connectivity index (χ1v) is 6.62. The van der Waals surface area contributed by atoms with Crippen molar-refractivity contribution in [3.05, 3.63) is 23.9 Å². The lowest BCUT2D eigenvalue weighted by Gasteiger charge is -2.17. The van der Waals surface area contributed by atoms with Crippen LogP contribution in [0, 0.1) is 5.41 Å². The Morgan fingerprint density at radius 1 is 1.25 bits per heavy atom. The van der Waals surface area contributed by atoms with Crippen LogP contribution in [0.15, 0.2) is 18.2 Å². The van der Waals surface area contributed by atoms with Gasteiger partial charge in [0.25, 0.3) is 0 Å². The SMILES string of the molecule is CC(C)(C)C(=O)Nc1cccc(C=[N+](O)C(C)(C)C)n1. The summed E-state index contributed by atoms with van der Waals surface area (Å²) in [6.45, 7) is 11.2. The zero-order valence-corrected chi connectivity index (χ0v) is 13.1. The predicted octanol–water partition coefficient (Wildman–Crippen LogP) is 2.69. The summed E-state index contributed by atoms with van der Waals surface area (Å²) < 4.78 is 1.10. The number of rotatable bonds is 2. The fraction of sp³-hybridized carbons (Fsp3) is 0.533. The molecule has 0 bridgehead atoms. The number of carbonyl (C=O) groups is 1. The van der Waals surface area contributed by atoms with Gasteiger partial charge in [-0.05, 0) is 16.9 Å². The van der Waals surface area contributed by atoms with E-state index in [9.17, 15) is 10.0 Å². The molecule has 5 nitrogen and oxygen atoms in total. The van der Waals surface area contributed by atoms with Crippen molar-refractivity contribution >= 4 is 17.9 Å². The lowest BCUT2D eigenvalue weighted by Crippen LogP contribution is -2.31. The normalized spacial score (nSPS) is 13.2. The molecule has 5 heteroatoms. The lowest BCUT2D eigenvalue weighted by atomic mass is 9.96. The van der Waals surface area contributed by atoms with Gasteiger partial charge in [0.2, 0.25) is 17.7 Å². The van der Waals surface area contributed by atoms with Crippen molar-refractivity contribution in [2.24, 2.45) is 5.41 Å². The van der Waals surface area contributed by atoms with E-state index in [-0.39, 0.29) is 5.91 Å². The zero-order valence-electron chi connectivity index (χ0n) is 13.1. The molecule has 0 unspecified atom stereocenters. The van der Waals surface area contributed by atoms with E-state index in [0.29, 0.717) is 11.5 Å². The lowest BCUT2D eigenvalue weighted by molar-refractivity contribution is -0.816. The maximum Gasteiger partial charge on any atom is 0.241 e. The second kappa shape index (κ2) is 5.61. The van der Waals surface area contributed by atoms with Gasteiger partial charge in [-0.25, -0.2) is 4.98 Å². The summed E-state index contributed by atoms with van der Waals surface area (Å²) in [4.78, 5) is 16.2. The third-order valence-electron chi connectivity index (χ3n) is 2.64. The van der Waals surface area contributed by atoms with E-state index in [1.807, 2.05) is 41.5 Å². The van der Waals surface area contributed by atoms with Crippen LogP contribution in [0.4, 0.5) is 5.82 Å². The molecule has 20 heavy (non-hydrogen) atoms. The van der Waals surface area contributed by atoms with Crippen LogP contribution in [0.2, 0.25) is 0 Å². The molecule has 0 aliphatic heterocycles. The van der Waals surface area contributed by atoms with E-state index >= 15 is 0 Å². The highest BCUT2D eigenvalue weighted by atomic mass is 16.5. The van der Waals surface area contributed by atoms with Crippen LogP contribution in [0.5, 0.6) is 0 Å². The first kappa shape index (κ1) is 16.1. The summed E-state index contributed by atoms with van der Waals surface area (Å²) in [5.41, 5.74) is -0.309. The molecule has 0 aliphatic carbocycles. The Hall–Kier alpha value is -1.91.